The van der Waals surface area contributed by atoms with E-state index in [2.05, 4.69) is 5.10 Å². The highest BCUT2D eigenvalue weighted by atomic mass is 19.1. The Kier molecular flexibility index (Phi) is 4.52. The highest BCUT2D eigenvalue weighted by Gasteiger charge is 2.41. The van der Waals surface area contributed by atoms with E-state index in [0.29, 0.717) is 28.6 Å². The topological polar surface area (TPSA) is 59.6 Å². The Labute approximate surface area is 166 Å². The molecular formula is C21H22F2N4O2. The monoisotopic (exact) mass is 400 g/mol. The summed E-state index contributed by atoms with van der Waals surface area (Å²) in [7, 11) is 0. The first-order valence-corrected chi connectivity index (χ1v) is 9.53. The van der Waals surface area contributed by atoms with Crippen LogP contribution >= 0.6 is 0 Å². The minimum Gasteiger partial charge on any atom is -0.335 e. The van der Waals surface area contributed by atoms with Crippen molar-refractivity contribution < 1.29 is 13.6 Å². The first-order valence-electron chi connectivity index (χ1n) is 9.53. The van der Waals surface area contributed by atoms with Gasteiger partial charge in [-0.3, -0.25) is 14.2 Å². The Bertz CT molecular complexity index is 1170. The van der Waals surface area contributed by atoms with Crippen molar-refractivity contribution >= 4 is 11.4 Å². The quantitative estimate of drug-likeness (QED) is 0.677. The summed E-state index contributed by atoms with van der Waals surface area (Å²) in [6.07, 6.45) is 1.99. The zero-order valence-electron chi connectivity index (χ0n) is 16.6. The fourth-order valence-corrected chi connectivity index (χ4v) is 3.76. The summed E-state index contributed by atoms with van der Waals surface area (Å²) in [5, 5.41) is 4.34. The van der Waals surface area contributed by atoms with E-state index >= 15 is 0 Å². The molecule has 2 aromatic heterocycles. The summed E-state index contributed by atoms with van der Waals surface area (Å²) in [6.45, 7) is 4.92. The van der Waals surface area contributed by atoms with Gasteiger partial charge in [0.05, 0.1) is 13.1 Å². The number of carbonyl (C=O) groups excluding carboxylic acids is 1. The number of hydrogen-bond donors (Lipinski definition) is 0. The second-order valence-electron chi connectivity index (χ2n) is 7.85. The van der Waals surface area contributed by atoms with E-state index in [-0.39, 0.29) is 36.9 Å². The van der Waals surface area contributed by atoms with Gasteiger partial charge < -0.3 is 4.90 Å². The molecule has 0 aliphatic carbocycles. The normalized spacial score (nSPS) is 15.6. The van der Waals surface area contributed by atoms with Crippen molar-refractivity contribution in [3.63, 3.8) is 0 Å². The van der Waals surface area contributed by atoms with Gasteiger partial charge in [0.1, 0.15) is 29.9 Å². The maximum absolute atomic E-state index is 13.7. The molecule has 29 heavy (non-hydrogen) atoms. The average Bonchev–Trinajstić information content (AvgIpc) is 3.03. The molecule has 6 nitrogen and oxygen atoms in total. The second kappa shape index (κ2) is 6.79. The van der Waals surface area contributed by atoms with E-state index in [1.165, 1.54) is 28.8 Å². The lowest BCUT2D eigenvalue weighted by molar-refractivity contribution is -0.144. The van der Waals surface area contributed by atoms with Gasteiger partial charge in [0.25, 0.3) is 5.56 Å². The minimum absolute atomic E-state index is 0.0292. The molecule has 1 aromatic carbocycles. The number of hydrogen-bond acceptors (Lipinski definition) is 3. The van der Waals surface area contributed by atoms with Crippen molar-refractivity contribution in [2.24, 2.45) is 0 Å². The standard InChI is InChI=1S/C21H22F2N4O2/c1-4-15-8-16(14-5-6-17(22)13(2)7-14)19-20(29)25(12-24-27(15)19)9-18(28)26-10-21(3,23)11-26/h5-8,12H,4,9-11H2,1-3H3. The predicted octanol–water partition coefficient (Wildman–Crippen LogP) is 2.74. The summed E-state index contributed by atoms with van der Waals surface area (Å²) in [5.41, 5.74) is 1.27. The van der Waals surface area contributed by atoms with Crippen LogP contribution in [0.1, 0.15) is 25.1 Å². The Hall–Kier alpha value is -3.03. The number of nitrogens with zero attached hydrogens (tertiary/aromatic N) is 4. The van der Waals surface area contributed by atoms with Crippen LogP contribution in [0.15, 0.2) is 35.4 Å². The fourth-order valence-electron chi connectivity index (χ4n) is 3.76. The molecule has 0 unspecified atom stereocenters. The number of amides is 1. The first kappa shape index (κ1) is 19.3. The van der Waals surface area contributed by atoms with Crippen molar-refractivity contribution in [1.29, 1.82) is 0 Å². The van der Waals surface area contributed by atoms with E-state index in [0.717, 1.165) is 5.69 Å². The van der Waals surface area contributed by atoms with E-state index in [4.69, 9.17) is 0 Å². The van der Waals surface area contributed by atoms with E-state index < -0.39 is 5.67 Å². The minimum atomic E-state index is -1.37. The zero-order chi connectivity index (χ0) is 20.9. The van der Waals surface area contributed by atoms with Gasteiger partial charge in [0.2, 0.25) is 5.91 Å². The predicted molar refractivity (Wildman–Crippen MR) is 105 cm³/mol. The summed E-state index contributed by atoms with van der Waals surface area (Å²) in [6, 6.07) is 6.55. The third-order valence-electron chi connectivity index (χ3n) is 5.35. The fraction of sp³-hybridized carbons (Fsp3) is 0.381. The van der Waals surface area contributed by atoms with Crippen LogP contribution in [0.2, 0.25) is 0 Å². The smallest absolute Gasteiger partial charge is 0.278 e. The number of alkyl halides is 1. The molecule has 1 aliphatic rings. The molecule has 3 aromatic rings. The number of halogens is 2. The van der Waals surface area contributed by atoms with E-state index in [9.17, 15) is 18.4 Å². The lowest BCUT2D eigenvalue weighted by Gasteiger charge is -2.42. The van der Waals surface area contributed by atoms with Crippen LogP contribution in [-0.2, 0) is 17.8 Å². The number of likely N-dealkylation sites (tertiary alicyclic amines) is 1. The third kappa shape index (κ3) is 3.32. The molecule has 1 aliphatic heterocycles. The summed E-state index contributed by atoms with van der Waals surface area (Å²) in [5.74, 6) is -0.640. The van der Waals surface area contributed by atoms with Gasteiger partial charge in [0.15, 0.2) is 0 Å². The van der Waals surface area contributed by atoms with Crippen molar-refractivity contribution in [3.8, 4) is 11.1 Å². The largest absolute Gasteiger partial charge is 0.335 e. The van der Waals surface area contributed by atoms with E-state index in [1.807, 2.05) is 13.0 Å². The summed E-state index contributed by atoms with van der Waals surface area (Å²) < 4.78 is 30.2. The number of aryl methyl sites for hydroxylation is 2. The van der Waals surface area contributed by atoms with Crippen LogP contribution < -0.4 is 5.56 Å². The summed E-state index contributed by atoms with van der Waals surface area (Å²) in [4.78, 5) is 27.0. The molecular weight excluding hydrogens is 378 g/mol. The number of carbonyl (C=O) groups is 1. The lowest BCUT2D eigenvalue weighted by Crippen LogP contribution is -2.60. The molecule has 152 valence electrons. The van der Waals surface area contributed by atoms with Crippen molar-refractivity contribution in [2.75, 3.05) is 13.1 Å². The maximum Gasteiger partial charge on any atom is 0.278 e. The second-order valence-corrected chi connectivity index (χ2v) is 7.85. The van der Waals surface area contributed by atoms with Crippen LogP contribution in [0, 0.1) is 12.7 Å². The van der Waals surface area contributed by atoms with Gasteiger partial charge in [-0.25, -0.2) is 13.3 Å². The highest BCUT2D eigenvalue weighted by Crippen LogP contribution is 2.28. The molecule has 4 rings (SSSR count). The molecule has 8 heteroatoms. The average molecular weight is 400 g/mol. The Morgan fingerprint density at radius 1 is 1.28 bits per heavy atom. The highest BCUT2D eigenvalue weighted by molar-refractivity contribution is 5.82. The Balaban J connectivity index is 1.77. The van der Waals surface area contributed by atoms with Gasteiger partial charge in [0, 0.05) is 11.3 Å². The molecule has 0 saturated carbocycles. The van der Waals surface area contributed by atoms with E-state index in [1.54, 1.807) is 23.6 Å². The molecule has 0 atom stereocenters. The van der Waals surface area contributed by atoms with Crippen molar-refractivity contribution in [2.45, 2.75) is 39.4 Å². The molecule has 0 bridgehead atoms. The Morgan fingerprint density at radius 2 is 2.00 bits per heavy atom. The van der Waals surface area contributed by atoms with Crippen molar-refractivity contribution in [3.05, 3.63) is 58.0 Å². The number of benzene rings is 1. The zero-order valence-corrected chi connectivity index (χ0v) is 16.6. The molecule has 0 spiro atoms. The summed E-state index contributed by atoms with van der Waals surface area (Å²) >= 11 is 0. The number of fused-ring (bicyclic) bond motifs is 1. The maximum atomic E-state index is 13.7. The van der Waals surface area contributed by atoms with Gasteiger partial charge in [-0.1, -0.05) is 13.0 Å². The molecule has 0 radical (unpaired) electrons. The number of rotatable bonds is 4. The van der Waals surface area contributed by atoms with Crippen LogP contribution in [0.25, 0.3) is 16.6 Å². The molecule has 1 saturated heterocycles. The third-order valence-corrected chi connectivity index (χ3v) is 5.35. The first-order chi connectivity index (χ1) is 13.7. The van der Waals surface area contributed by atoms with Gasteiger partial charge in [-0.15, -0.1) is 0 Å². The molecule has 1 fully saturated rings. The van der Waals surface area contributed by atoms with Crippen LogP contribution in [0.4, 0.5) is 8.78 Å². The van der Waals surface area contributed by atoms with Crippen LogP contribution in [-0.4, -0.2) is 43.7 Å². The Morgan fingerprint density at radius 3 is 2.62 bits per heavy atom. The van der Waals surface area contributed by atoms with Crippen LogP contribution in [0.5, 0.6) is 0 Å². The number of aromatic nitrogens is 3. The molecule has 1 amide bonds. The van der Waals surface area contributed by atoms with Crippen molar-refractivity contribution in [1.82, 2.24) is 19.1 Å². The van der Waals surface area contributed by atoms with Gasteiger partial charge in [-0.05, 0) is 49.6 Å². The van der Waals surface area contributed by atoms with Gasteiger partial charge in [-0.2, -0.15) is 5.10 Å². The lowest BCUT2D eigenvalue weighted by atomic mass is 9.99. The van der Waals surface area contributed by atoms with Gasteiger partial charge >= 0.3 is 0 Å². The van der Waals surface area contributed by atoms with Crippen LogP contribution in [0.3, 0.4) is 0 Å². The SMILES string of the molecule is CCc1cc(-c2ccc(F)c(C)c2)c2c(=O)n(CC(=O)N3CC(C)(F)C3)cnn12. The molecule has 3 heterocycles. The molecule has 0 N–H and O–H groups in total.